The van der Waals surface area contributed by atoms with Gasteiger partial charge in [0.05, 0.1) is 18.8 Å². The van der Waals surface area contributed by atoms with Crippen LogP contribution in [0.2, 0.25) is 0 Å². The van der Waals surface area contributed by atoms with Gasteiger partial charge in [-0.1, -0.05) is 0 Å². The zero-order valence-electron chi connectivity index (χ0n) is 15.1. The van der Waals surface area contributed by atoms with Crippen LogP contribution in [0, 0.1) is 0 Å². The molecule has 1 saturated heterocycles. The molecule has 0 aromatic rings. The maximum atomic E-state index is 5.82. The molecule has 1 aliphatic rings. The predicted molar refractivity (Wildman–Crippen MR) is 91.5 cm³/mol. The summed E-state index contributed by atoms with van der Waals surface area (Å²) in [5.41, 5.74) is 0.0455. The Morgan fingerprint density at radius 1 is 1.27 bits per heavy atom. The van der Waals surface area contributed by atoms with Crippen molar-refractivity contribution in [1.82, 2.24) is 15.5 Å². The number of aliphatic imine (C=N–C) groups is 1. The molecule has 2 unspecified atom stereocenters. The fourth-order valence-corrected chi connectivity index (χ4v) is 2.69. The second-order valence-electron chi connectivity index (χ2n) is 6.52. The van der Waals surface area contributed by atoms with E-state index in [0.717, 1.165) is 38.7 Å². The lowest BCUT2D eigenvalue weighted by atomic mass is 10.00. The third kappa shape index (κ3) is 6.50. The Balaban J connectivity index is 2.42. The third-order valence-corrected chi connectivity index (χ3v) is 3.93. The second kappa shape index (κ2) is 9.33. The molecule has 0 aromatic carbocycles. The summed E-state index contributed by atoms with van der Waals surface area (Å²) in [7, 11) is 1.79. The first-order chi connectivity index (χ1) is 10.4. The molecule has 1 heterocycles. The molecule has 0 bridgehead atoms. The van der Waals surface area contributed by atoms with Crippen LogP contribution in [-0.2, 0) is 9.47 Å². The molecule has 6 nitrogen and oxygen atoms in total. The minimum absolute atomic E-state index is 0.0455. The second-order valence-corrected chi connectivity index (χ2v) is 6.52. The molecular weight excluding hydrogens is 280 g/mol. The summed E-state index contributed by atoms with van der Waals surface area (Å²) in [6, 6.07) is 0. The lowest BCUT2D eigenvalue weighted by Crippen LogP contribution is -2.59. The van der Waals surface area contributed by atoms with E-state index in [0.29, 0.717) is 6.61 Å². The Morgan fingerprint density at radius 2 is 1.91 bits per heavy atom. The first kappa shape index (κ1) is 19.2. The summed E-state index contributed by atoms with van der Waals surface area (Å²) in [5.74, 6) is 0.821. The van der Waals surface area contributed by atoms with Crippen molar-refractivity contribution in [3.63, 3.8) is 0 Å². The standard InChI is InChI=1S/C16H34N4O2/c1-7-21-9-8-18-15(17-6)19-12-16(4,5)20-10-13(2)22-14(3)11-20/h13-14H,7-12H2,1-6H3,(H2,17,18,19). The van der Waals surface area contributed by atoms with E-state index >= 15 is 0 Å². The minimum atomic E-state index is 0.0455. The molecule has 1 aliphatic heterocycles. The SMILES string of the molecule is CCOCCNC(=NC)NCC(C)(C)N1CC(C)OC(C)C1. The highest BCUT2D eigenvalue weighted by Crippen LogP contribution is 2.20. The zero-order valence-corrected chi connectivity index (χ0v) is 15.1. The van der Waals surface area contributed by atoms with Gasteiger partial charge in [-0.2, -0.15) is 0 Å². The van der Waals surface area contributed by atoms with Gasteiger partial charge in [0.1, 0.15) is 0 Å². The van der Waals surface area contributed by atoms with Gasteiger partial charge in [0.2, 0.25) is 0 Å². The number of guanidine groups is 1. The van der Waals surface area contributed by atoms with E-state index in [2.05, 4.69) is 48.2 Å². The maximum absolute atomic E-state index is 5.82. The van der Waals surface area contributed by atoms with E-state index in [1.807, 2.05) is 6.92 Å². The van der Waals surface area contributed by atoms with E-state index in [1.165, 1.54) is 0 Å². The zero-order chi connectivity index (χ0) is 16.6. The topological polar surface area (TPSA) is 58.1 Å². The maximum Gasteiger partial charge on any atom is 0.191 e. The molecule has 2 N–H and O–H groups in total. The molecule has 0 aliphatic carbocycles. The van der Waals surface area contributed by atoms with Crippen LogP contribution in [0.15, 0.2) is 4.99 Å². The summed E-state index contributed by atoms with van der Waals surface area (Å²) in [4.78, 5) is 6.75. The number of hydrogen-bond donors (Lipinski definition) is 2. The average Bonchev–Trinajstić information content (AvgIpc) is 2.45. The van der Waals surface area contributed by atoms with Gasteiger partial charge in [-0.15, -0.1) is 0 Å². The number of nitrogens with one attached hydrogen (secondary N) is 2. The number of rotatable bonds is 7. The first-order valence-electron chi connectivity index (χ1n) is 8.31. The average molecular weight is 314 g/mol. The van der Waals surface area contributed by atoms with Gasteiger partial charge in [0.15, 0.2) is 5.96 Å². The number of morpholine rings is 1. The van der Waals surface area contributed by atoms with Gasteiger partial charge in [-0.3, -0.25) is 9.89 Å². The van der Waals surface area contributed by atoms with E-state index in [4.69, 9.17) is 9.47 Å². The Bertz CT molecular complexity index is 337. The number of nitrogens with zero attached hydrogens (tertiary/aromatic N) is 2. The van der Waals surface area contributed by atoms with Crippen LogP contribution >= 0.6 is 0 Å². The molecule has 1 fully saturated rings. The van der Waals surface area contributed by atoms with Gasteiger partial charge < -0.3 is 20.1 Å². The smallest absolute Gasteiger partial charge is 0.191 e. The van der Waals surface area contributed by atoms with Crippen molar-refractivity contribution in [1.29, 1.82) is 0 Å². The van der Waals surface area contributed by atoms with Crippen molar-refractivity contribution >= 4 is 5.96 Å². The minimum Gasteiger partial charge on any atom is -0.380 e. The molecule has 22 heavy (non-hydrogen) atoms. The Hall–Kier alpha value is -0.850. The summed E-state index contributed by atoms with van der Waals surface area (Å²) in [6.07, 6.45) is 0.568. The van der Waals surface area contributed by atoms with E-state index in [9.17, 15) is 0 Å². The molecular formula is C16H34N4O2. The van der Waals surface area contributed by atoms with Crippen molar-refractivity contribution < 1.29 is 9.47 Å². The van der Waals surface area contributed by atoms with Gasteiger partial charge in [-0.25, -0.2) is 0 Å². The van der Waals surface area contributed by atoms with Crippen molar-refractivity contribution in [3.05, 3.63) is 0 Å². The van der Waals surface area contributed by atoms with Crippen molar-refractivity contribution in [3.8, 4) is 0 Å². The largest absolute Gasteiger partial charge is 0.380 e. The van der Waals surface area contributed by atoms with Crippen molar-refractivity contribution in [2.24, 2.45) is 4.99 Å². The van der Waals surface area contributed by atoms with Gasteiger partial charge in [0, 0.05) is 45.4 Å². The lowest BCUT2D eigenvalue weighted by molar-refractivity contribution is -0.0946. The monoisotopic (exact) mass is 314 g/mol. The van der Waals surface area contributed by atoms with Crippen molar-refractivity contribution in [2.45, 2.75) is 52.4 Å². The van der Waals surface area contributed by atoms with Crippen LogP contribution in [0.4, 0.5) is 0 Å². The summed E-state index contributed by atoms with van der Waals surface area (Å²) in [5, 5.41) is 6.68. The molecule has 6 heteroatoms. The van der Waals surface area contributed by atoms with Crippen LogP contribution in [0.5, 0.6) is 0 Å². The fraction of sp³-hybridized carbons (Fsp3) is 0.938. The Kier molecular flexibility index (Phi) is 8.14. The molecule has 0 aromatic heterocycles. The van der Waals surface area contributed by atoms with E-state index in [1.54, 1.807) is 7.05 Å². The molecule has 0 saturated carbocycles. The number of ether oxygens (including phenoxy) is 2. The molecule has 0 amide bonds. The predicted octanol–water partition coefficient (Wildman–Crippen LogP) is 1.08. The highest BCUT2D eigenvalue weighted by atomic mass is 16.5. The Morgan fingerprint density at radius 3 is 2.45 bits per heavy atom. The number of hydrogen-bond acceptors (Lipinski definition) is 4. The highest BCUT2D eigenvalue weighted by molar-refractivity contribution is 5.79. The normalized spacial score (nSPS) is 24.4. The van der Waals surface area contributed by atoms with E-state index in [-0.39, 0.29) is 17.7 Å². The highest BCUT2D eigenvalue weighted by Gasteiger charge is 2.33. The molecule has 130 valence electrons. The first-order valence-corrected chi connectivity index (χ1v) is 8.31. The van der Waals surface area contributed by atoms with Crippen LogP contribution < -0.4 is 10.6 Å². The van der Waals surface area contributed by atoms with Crippen LogP contribution in [0.3, 0.4) is 0 Å². The van der Waals surface area contributed by atoms with Gasteiger partial charge in [0.25, 0.3) is 0 Å². The van der Waals surface area contributed by atoms with Gasteiger partial charge >= 0.3 is 0 Å². The Labute approximate surface area is 135 Å². The summed E-state index contributed by atoms with van der Waals surface area (Å²) < 4.78 is 11.1. The quantitative estimate of drug-likeness (QED) is 0.418. The fourth-order valence-electron chi connectivity index (χ4n) is 2.69. The third-order valence-electron chi connectivity index (χ3n) is 3.93. The molecule has 0 radical (unpaired) electrons. The summed E-state index contributed by atoms with van der Waals surface area (Å²) in [6.45, 7) is 15.8. The molecule has 0 spiro atoms. The van der Waals surface area contributed by atoms with Crippen LogP contribution in [0.25, 0.3) is 0 Å². The summed E-state index contributed by atoms with van der Waals surface area (Å²) >= 11 is 0. The van der Waals surface area contributed by atoms with Gasteiger partial charge in [-0.05, 0) is 34.6 Å². The van der Waals surface area contributed by atoms with Crippen LogP contribution in [-0.4, -0.2) is 75.0 Å². The van der Waals surface area contributed by atoms with Crippen molar-refractivity contribution in [2.75, 3.05) is 46.4 Å². The van der Waals surface area contributed by atoms with E-state index < -0.39 is 0 Å². The molecule has 2 atom stereocenters. The molecule has 1 rings (SSSR count). The lowest BCUT2D eigenvalue weighted by Gasteiger charge is -2.45. The van der Waals surface area contributed by atoms with Crippen LogP contribution in [0.1, 0.15) is 34.6 Å².